The van der Waals surface area contributed by atoms with Gasteiger partial charge < -0.3 is 0 Å². The fourth-order valence-electron chi connectivity index (χ4n) is 5.12. The van der Waals surface area contributed by atoms with Gasteiger partial charge in [0.15, 0.2) is 0 Å². The summed E-state index contributed by atoms with van der Waals surface area (Å²) in [4.78, 5) is 10.1. The number of benzene rings is 5. The van der Waals surface area contributed by atoms with Crippen LogP contribution < -0.4 is 0 Å². The maximum atomic E-state index is 5.06. The van der Waals surface area contributed by atoms with Gasteiger partial charge in [-0.15, -0.1) is 0 Å². The Morgan fingerprint density at radius 2 is 0.972 bits per heavy atom. The Labute approximate surface area is 209 Å². The maximum Gasteiger partial charge on any atom is 0.0972 e. The zero-order chi connectivity index (χ0) is 23.9. The zero-order valence-corrected chi connectivity index (χ0v) is 19.6. The van der Waals surface area contributed by atoms with E-state index in [4.69, 9.17) is 9.97 Å². The summed E-state index contributed by atoms with van der Waals surface area (Å²) < 4.78 is 0. The molecule has 168 valence electrons. The van der Waals surface area contributed by atoms with Gasteiger partial charge in [-0.2, -0.15) is 0 Å². The van der Waals surface area contributed by atoms with Crippen LogP contribution in [-0.2, 0) is 0 Å². The summed E-state index contributed by atoms with van der Waals surface area (Å²) in [6.07, 6.45) is 0. The summed E-state index contributed by atoms with van der Waals surface area (Å²) in [6.45, 7) is 0. The smallest absolute Gasteiger partial charge is 0.0972 e. The summed E-state index contributed by atoms with van der Waals surface area (Å²) in [5.41, 5.74) is 7.26. The Morgan fingerprint density at radius 3 is 1.83 bits per heavy atom. The molecule has 5 aromatic carbocycles. The largest absolute Gasteiger partial charge is 0.246 e. The standard InChI is InChI=1S/C34H22N2/c1-2-11-26-23(9-1)10-7-15-27(26)24-19-21-25(22-20-24)31-17-8-18-33(35-31)34-30-14-4-3-12-28(30)29-13-5-6-16-32(29)36-34/h1-22H. The minimum atomic E-state index is 0.882. The van der Waals surface area contributed by atoms with Crippen LogP contribution in [0.25, 0.3) is 66.2 Å². The minimum Gasteiger partial charge on any atom is -0.246 e. The van der Waals surface area contributed by atoms with Gasteiger partial charge in [-0.25, -0.2) is 9.97 Å². The molecular formula is C34H22N2. The molecule has 0 spiro atoms. The summed E-state index contributed by atoms with van der Waals surface area (Å²) in [5.74, 6) is 0. The fraction of sp³-hybridized carbons (Fsp3) is 0. The lowest BCUT2D eigenvalue weighted by Crippen LogP contribution is -1.93. The fourth-order valence-corrected chi connectivity index (χ4v) is 5.12. The third kappa shape index (κ3) is 3.43. The average Bonchev–Trinajstić information content (AvgIpc) is 2.96. The van der Waals surface area contributed by atoms with Crippen LogP contribution in [0.1, 0.15) is 0 Å². The normalized spacial score (nSPS) is 11.3. The second kappa shape index (κ2) is 8.44. The first-order chi connectivity index (χ1) is 17.8. The van der Waals surface area contributed by atoms with Crippen LogP contribution in [0, 0.1) is 0 Å². The first-order valence-corrected chi connectivity index (χ1v) is 12.2. The number of aromatic nitrogens is 2. The van der Waals surface area contributed by atoms with Gasteiger partial charge in [0.05, 0.1) is 22.6 Å². The molecule has 0 amide bonds. The average molecular weight is 459 g/mol. The summed E-state index contributed by atoms with van der Waals surface area (Å²) >= 11 is 0. The summed E-state index contributed by atoms with van der Waals surface area (Å²) in [7, 11) is 0. The van der Waals surface area contributed by atoms with Gasteiger partial charge in [0.25, 0.3) is 0 Å². The van der Waals surface area contributed by atoms with Crippen molar-refractivity contribution >= 4 is 32.4 Å². The van der Waals surface area contributed by atoms with Crippen molar-refractivity contribution in [2.75, 3.05) is 0 Å². The maximum absolute atomic E-state index is 5.06. The lowest BCUT2D eigenvalue weighted by molar-refractivity contribution is 1.29. The number of nitrogens with zero attached hydrogens (tertiary/aromatic N) is 2. The number of rotatable bonds is 3. The van der Waals surface area contributed by atoms with Crippen LogP contribution in [0.5, 0.6) is 0 Å². The third-order valence-corrected chi connectivity index (χ3v) is 6.88. The van der Waals surface area contributed by atoms with E-state index in [-0.39, 0.29) is 0 Å². The molecule has 0 atom stereocenters. The molecule has 0 aliphatic carbocycles. The van der Waals surface area contributed by atoms with Crippen molar-refractivity contribution in [1.82, 2.24) is 9.97 Å². The van der Waals surface area contributed by atoms with Crippen LogP contribution >= 0.6 is 0 Å². The predicted octanol–water partition coefficient (Wildman–Crippen LogP) is 8.94. The van der Waals surface area contributed by atoms with E-state index in [0.717, 1.165) is 38.9 Å². The van der Waals surface area contributed by atoms with Crippen molar-refractivity contribution in [3.8, 4) is 33.8 Å². The van der Waals surface area contributed by atoms with Crippen molar-refractivity contribution < 1.29 is 0 Å². The van der Waals surface area contributed by atoms with Gasteiger partial charge in [-0.3, -0.25) is 0 Å². The molecule has 7 aromatic rings. The van der Waals surface area contributed by atoms with Crippen molar-refractivity contribution in [3.63, 3.8) is 0 Å². The topological polar surface area (TPSA) is 25.8 Å². The van der Waals surface area contributed by atoms with E-state index in [1.807, 2.05) is 6.07 Å². The molecule has 0 aliphatic rings. The molecule has 2 heteroatoms. The SMILES string of the molecule is c1cc(-c2ccc(-c3cccc4ccccc34)cc2)nc(-c2nc3ccccc3c3ccccc23)c1. The summed E-state index contributed by atoms with van der Waals surface area (Å²) in [6, 6.07) is 46.7. The molecule has 7 rings (SSSR count). The highest BCUT2D eigenvalue weighted by Crippen LogP contribution is 2.33. The lowest BCUT2D eigenvalue weighted by Gasteiger charge is -2.11. The zero-order valence-electron chi connectivity index (χ0n) is 19.6. The molecule has 0 saturated carbocycles. The highest BCUT2D eigenvalue weighted by atomic mass is 14.8. The van der Waals surface area contributed by atoms with E-state index >= 15 is 0 Å². The van der Waals surface area contributed by atoms with Gasteiger partial charge in [-0.05, 0) is 45.5 Å². The molecule has 0 bridgehead atoms. The van der Waals surface area contributed by atoms with Crippen LogP contribution in [0.2, 0.25) is 0 Å². The molecule has 0 N–H and O–H groups in total. The lowest BCUT2D eigenvalue weighted by atomic mass is 9.97. The summed E-state index contributed by atoms with van der Waals surface area (Å²) in [5, 5.41) is 6.00. The number of fused-ring (bicyclic) bond motifs is 4. The van der Waals surface area contributed by atoms with Crippen LogP contribution in [0.15, 0.2) is 133 Å². The van der Waals surface area contributed by atoms with Gasteiger partial charge >= 0.3 is 0 Å². The second-order valence-corrected chi connectivity index (χ2v) is 9.04. The monoisotopic (exact) mass is 458 g/mol. The number of pyridine rings is 2. The highest BCUT2D eigenvalue weighted by Gasteiger charge is 2.12. The molecule has 0 aliphatic heterocycles. The Bertz CT molecular complexity index is 1880. The van der Waals surface area contributed by atoms with E-state index in [1.165, 1.54) is 27.3 Å². The van der Waals surface area contributed by atoms with E-state index in [2.05, 4.69) is 127 Å². The molecule has 0 unspecified atom stereocenters. The molecule has 0 fully saturated rings. The Kier molecular flexibility index (Phi) is 4.82. The highest BCUT2D eigenvalue weighted by molar-refractivity contribution is 6.10. The van der Waals surface area contributed by atoms with Crippen molar-refractivity contribution in [2.45, 2.75) is 0 Å². The van der Waals surface area contributed by atoms with Crippen molar-refractivity contribution in [1.29, 1.82) is 0 Å². The Morgan fingerprint density at radius 1 is 0.361 bits per heavy atom. The number of hydrogen-bond acceptors (Lipinski definition) is 2. The molecular weight excluding hydrogens is 436 g/mol. The van der Waals surface area contributed by atoms with Crippen LogP contribution in [0.4, 0.5) is 0 Å². The van der Waals surface area contributed by atoms with E-state index in [0.29, 0.717) is 0 Å². The molecule has 0 radical (unpaired) electrons. The van der Waals surface area contributed by atoms with Crippen LogP contribution in [0.3, 0.4) is 0 Å². The first kappa shape index (κ1) is 20.5. The minimum absolute atomic E-state index is 0.882. The first-order valence-electron chi connectivity index (χ1n) is 12.2. The van der Waals surface area contributed by atoms with Gasteiger partial charge in [0.1, 0.15) is 0 Å². The van der Waals surface area contributed by atoms with E-state index in [1.54, 1.807) is 0 Å². The van der Waals surface area contributed by atoms with Crippen molar-refractivity contribution in [3.05, 3.63) is 133 Å². The Hall–Kier alpha value is -4.82. The Balaban J connectivity index is 1.32. The van der Waals surface area contributed by atoms with Gasteiger partial charge in [-0.1, -0.05) is 115 Å². The molecule has 2 aromatic heterocycles. The van der Waals surface area contributed by atoms with E-state index in [9.17, 15) is 0 Å². The molecule has 2 heterocycles. The van der Waals surface area contributed by atoms with Crippen molar-refractivity contribution in [2.24, 2.45) is 0 Å². The number of hydrogen-bond donors (Lipinski definition) is 0. The van der Waals surface area contributed by atoms with E-state index < -0.39 is 0 Å². The van der Waals surface area contributed by atoms with Gasteiger partial charge in [0, 0.05) is 16.3 Å². The quantitative estimate of drug-likeness (QED) is 0.247. The molecule has 0 saturated heterocycles. The number of para-hydroxylation sites is 1. The molecule has 36 heavy (non-hydrogen) atoms. The third-order valence-electron chi connectivity index (χ3n) is 6.88. The van der Waals surface area contributed by atoms with Gasteiger partial charge in [0.2, 0.25) is 0 Å². The second-order valence-electron chi connectivity index (χ2n) is 9.04. The van der Waals surface area contributed by atoms with Crippen LogP contribution in [-0.4, -0.2) is 9.97 Å². The predicted molar refractivity (Wildman–Crippen MR) is 151 cm³/mol. The molecule has 2 nitrogen and oxygen atoms in total.